The van der Waals surface area contributed by atoms with Gasteiger partial charge in [0.1, 0.15) is 6.29 Å². The van der Waals surface area contributed by atoms with Gasteiger partial charge in [-0.3, -0.25) is 0 Å². The van der Waals surface area contributed by atoms with Gasteiger partial charge in [-0.15, -0.1) is 0 Å². The number of nitriles is 1. The number of benzene rings is 1. The first-order valence-corrected chi connectivity index (χ1v) is 7.47. The van der Waals surface area contributed by atoms with Crippen molar-refractivity contribution in [3.63, 3.8) is 0 Å². The summed E-state index contributed by atoms with van der Waals surface area (Å²) in [6, 6.07) is 7.86. The molecule has 1 saturated heterocycles. The molecule has 19 heavy (non-hydrogen) atoms. The molecule has 0 aromatic heterocycles. The molecular weight excluding hydrogens is 264 g/mol. The normalized spacial score (nSPS) is 20.7. The van der Waals surface area contributed by atoms with Gasteiger partial charge in [-0.05, 0) is 31.0 Å². The third kappa shape index (κ3) is 2.83. The Morgan fingerprint density at radius 3 is 2.89 bits per heavy atom. The van der Waals surface area contributed by atoms with Crippen molar-refractivity contribution < 1.29 is 13.2 Å². The Bertz CT molecular complexity index is 619. The number of hydrogen-bond acceptors (Lipinski definition) is 4. The minimum atomic E-state index is -3.61. The molecule has 1 aromatic rings. The second kappa shape index (κ2) is 5.51. The number of aldehydes is 1. The number of rotatable bonds is 3. The maximum Gasteiger partial charge on any atom is 0.243 e. The van der Waals surface area contributed by atoms with Gasteiger partial charge < -0.3 is 4.79 Å². The largest absolute Gasteiger partial charge is 0.303 e. The van der Waals surface area contributed by atoms with Crippen molar-refractivity contribution in [1.82, 2.24) is 4.31 Å². The fourth-order valence-corrected chi connectivity index (χ4v) is 3.76. The number of carbonyl (C=O) groups excluding carboxylic acids is 1. The van der Waals surface area contributed by atoms with E-state index in [1.807, 2.05) is 6.07 Å². The highest BCUT2D eigenvalue weighted by Crippen LogP contribution is 2.23. The Morgan fingerprint density at radius 2 is 2.21 bits per heavy atom. The van der Waals surface area contributed by atoms with Gasteiger partial charge in [-0.1, -0.05) is 6.07 Å². The Kier molecular flexibility index (Phi) is 3.98. The summed E-state index contributed by atoms with van der Waals surface area (Å²) in [5.74, 6) is -0.234. The van der Waals surface area contributed by atoms with Crippen LogP contribution in [-0.4, -0.2) is 32.1 Å². The molecule has 0 amide bonds. The molecule has 0 saturated carbocycles. The van der Waals surface area contributed by atoms with E-state index in [-0.39, 0.29) is 17.4 Å². The second-order valence-electron chi connectivity index (χ2n) is 4.54. The van der Waals surface area contributed by atoms with E-state index in [0.29, 0.717) is 18.5 Å². The van der Waals surface area contributed by atoms with Crippen LogP contribution >= 0.6 is 0 Å². The summed E-state index contributed by atoms with van der Waals surface area (Å²) >= 11 is 0. The van der Waals surface area contributed by atoms with Crippen molar-refractivity contribution in [2.75, 3.05) is 13.1 Å². The molecule has 1 atom stereocenters. The Labute approximate surface area is 112 Å². The molecule has 5 nitrogen and oxygen atoms in total. The summed E-state index contributed by atoms with van der Waals surface area (Å²) in [4.78, 5) is 10.9. The highest BCUT2D eigenvalue weighted by atomic mass is 32.2. The fourth-order valence-electron chi connectivity index (χ4n) is 2.18. The van der Waals surface area contributed by atoms with E-state index in [2.05, 4.69) is 0 Å². The fraction of sp³-hybridized carbons (Fsp3) is 0.385. The molecule has 0 radical (unpaired) electrons. The summed E-state index contributed by atoms with van der Waals surface area (Å²) in [5, 5.41) is 8.81. The van der Waals surface area contributed by atoms with E-state index in [1.54, 1.807) is 12.1 Å². The van der Waals surface area contributed by atoms with Crippen LogP contribution in [0, 0.1) is 17.2 Å². The van der Waals surface area contributed by atoms with Crippen LogP contribution in [0.5, 0.6) is 0 Å². The van der Waals surface area contributed by atoms with E-state index in [4.69, 9.17) is 5.26 Å². The first-order chi connectivity index (χ1) is 9.07. The summed E-state index contributed by atoms with van der Waals surface area (Å²) in [6.07, 6.45) is 2.22. The summed E-state index contributed by atoms with van der Waals surface area (Å²) in [5.41, 5.74) is 0.310. The Balaban J connectivity index is 2.31. The molecule has 2 rings (SSSR count). The van der Waals surface area contributed by atoms with Gasteiger partial charge in [-0.25, -0.2) is 8.42 Å². The molecule has 0 spiro atoms. The quantitative estimate of drug-likeness (QED) is 0.777. The van der Waals surface area contributed by atoms with Crippen molar-refractivity contribution >= 4 is 16.3 Å². The predicted octanol–water partition coefficient (Wildman–Crippen LogP) is 1.16. The van der Waals surface area contributed by atoms with Crippen LogP contribution in [0.25, 0.3) is 0 Å². The topological polar surface area (TPSA) is 78.2 Å². The van der Waals surface area contributed by atoms with Gasteiger partial charge in [-0.2, -0.15) is 9.57 Å². The molecular formula is C13H14N2O3S. The van der Waals surface area contributed by atoms with Crippen LogP contribution in [0.2, 0.25) is 0 Å². The highest BCUT2D eigenvalue weighted by Gasteiger charge is 2.30. The predicted molar refractivity (Wildman–Crippen MR) is 68.7 cm³/mol. The molecule has 0 N–H and O–H groups in total. The monoisotopic (exact) mass is 278 g/mol. The van der Waals surface area contributed by atoms with Crippen LogP contribution in [0.4, 0.5) is 0 Å². The minimum absolute atomic E-state index is 0.109. The minimum Gasteiger partial charge on any atom is -0.303 e. The van der Waals surface area contributed by atoms with Crippen LogP contribution in [-0.2, 0) is 14.8 Å². The standard InChI is InChI=1S/C13H14N2O3S/c14-8-11-3-1-5-13(7-11)19(17,18)15-6-2-4-12(9-15)10-16/h1,3,5,7,10,12H,2,4,6,9H2. The highest BCUT2D eigenvalue weighted by molar-refractivity contribution is 7.89. The first kappa shape index (κ1) is 13.7. The molecule has 0 bridgehead atoms. The molecule has 1 aliphatic heterocycles. The van der Waals surface area contributed by atoms with Crippen molar-refractivity contribution in [3.05, 3.63) is 29.8 Å². The average molecular weight is 278 g/mol. The lowest BCUT2D eigenvalue weighted by Gasteiger charge is -2.29. The number of carbonyl (C=O) groups is 1. The van der Waals surface area contributed by atoms with E-state index in [0.717, 1.165) is 12.7 Å². The Morgan fingerprint density at radius 1 is 1.42 bits per heavy atom. The molecule has 1 heterocycles. The summed E-state index contributed by atoms with van der Waals surface area (Å²) < 4.78 is 26.2. The zero-order valence-corrected chi connectivity index (χ0v) is 11.1. The smallest absolute Gasteiger partial charge is 0.243 e. The summed E-state index contributed by atoms with van der Waals surface area (Å²) in [6.45, 7) is 0.645. The molecule has 0 aliphatic carbocycles. The maximum absolute atomic E-state index is 12.4. The molecule has 100 valence electrons. The lowest BCUT2D eigenvalue weighted by atomic mass is 10.0. The zero-order valence-electron chi connectivity index (χ0n) is 10.3. The van der Waals surface area contributed by atoms with Crippen molar-refractivity contribution in [2.45, 2.75) is 17.7 Å². The van der Waals surface area contributed by atoms with Gasteiger partial charge in [0.25, 0.3) is 0 Å². The van der Waals surface area contributed by atoms with E-state index in [1.165, 1.54) is 16.4 Å². The van der Waals surface area contributed by atoms with E-state index in [9.17, 15) is 13.2 Å². The molecule has 1 aromatic carbocycles. The van der Waals surface area contributed by atoms with Crippen molar-refractivity contribution in [1.29, 1.82) is 5.26 Å². The average Bonchev–Trinajstić information content (AvgIpc) is 2.47. The first-order valence-electron chi connectivity index (χ1n) is 6.03. The third-order valence-corrected chi connectivity index (χ3v) is 5.08. The summed E-state index contributed by atoms with van der Waals surface area (Å²) in [7, 11) is -3.61. The van der Waals surface area contributed by atoms with Crippen molar-refractivity contribution in [3.8, 4) is 6.07 Å². The van der Waals surface area contributed by atoms with Crippen LogP contribution in [0.3, 0.4) is 0 Å². The SMILES string of the molecule is N#Cc1cccc(S(=O)(=O)N2CCCC(C=O)C2)c1. The maximum atomic E-state index is 12.4. The number of piperidine rings is 1. The molecule has 1 fully saturated rings. The lowest BCUT2D eigenvalue weighted by molar-refractivity contribution is -0.112. The van der Waals surface area contributed by atoms with Crippen LogP contribution in [0.1, 0.15) is 18.4 Å². The Hall–Kier alpha value is -1.71. The lowest BCUT2D eigenvalue weighted by Crippen LogP contribution is -2.40. The van der Waals surface area contributed by atoms with E-state index < -0.39 is 10.0 Å². The third-order valence-electron chi connectivity index (χ3n) is 3.21. The molecule has 1 unspecified atom stereocenters. The van der Waals surface area contributed by atoms with Gasteiger partial charge in [0.05, 0.1) is 16.5 Å². The van der Waals surface area contributed by atoms with Gasteiger partial charge in [0.2, 0.25) is 10.0 Å². The van der Waals surface area contributed by atoms with Gasteiger partial charge in [0, 0.05) is 19.0 Å². The van der Waals surface area contributed by atoms with Gasteiger partial charge >= 0.3 is 0 Å². The van der Waals surface area contributed by atoms with Crippen LogP contribution in [0.15, 0.2) is 29.2 Å². The second-order valence-corrected chi connectivity index (χ2v) is 6.48. The van der Waals surface area contributed by atoms with Crippen molar-refractivity contribution in [2.24, 2.45) is 5.92 Å². The zero-order chi connectivity index (χ0) is 13.9. The number of sulfonamides is 1. The molecule has 6 heteroatoms. The van der Waals surface area contributed by atoms with E-state index >= 15 is 0 Å². The number of hydrogen-bond donors (Lipinski definition) is 0. The van der Waals surface area contributed by atoms with Gasteiger partial charge in [0.15, 0.2) is 0 Å². The van der Waals surface area contributed by atoms with Crippen LogP contribution < -0.4 is 0 Å². The molecule has 1 aliphatic rings. The number of nitrogens with zero attached hydrogens (tertiary/aromatic N) is 2.